The van der Waals surface area contributed by atoms with Crippen LogP contribution in [0.15, 0.2) is 36.4 Å². The summed E-state index contributed by atoms with van der Waals surface area (Å²) in [4.78, 5) is 16.8. The number of hydrogen-bond acceptors (Lipinski definition) is 3. The average molecular weight is 254 g/mol. The van der Waals surface area contributed by atoms with E-state index in [2.05, 4.69) is 4.98 Å². The third-order valence-corrected chi connectivity index (χ3v) is 3.94. The molecule has 1 aliphatic rings. The molecular weight excluding hydrogens is 236 g/mol. The smallest absolute Gasteiger partial charge is 0.141 e. The van der Waals surface area contributed by atoms with E-state index < -0.39 is 0 Å². The van der Waals surface area contributed by atoms with Crippen LogP contribution in [0, 0.1) is 5.92 Å². The van der Waals surface area contributed by atoms with E-state index in [9.17, 15) is 4.79 Å². The Kier molecular flexibility index (Phi) is 3.30. The average Bonchev–Trinajstić information content (AvgIpc) is 2.85. The van der Waals surface area contributed by atoms with Gasteiger partial charge in [-0.2, -0.15) is 0 Å². The van der Waals surface area contributed by atoms with E-state index in [0.29, 0.717) is 6.42 Å². The van der Waals surface area contributed by atoms with Gasteiger partial charge in [0.05, 0.1) is 5.52 Å². The van der Waals surface area contributed by atoms with Crippen molar-refractivity contribution in [3.05, 3.63) is 42.1 Å². The summed E-state index contributed by atoms with van der Waals surface area (Å²) < 4.78 is 0. The number of hydrogen-bond donors (Lipinski definition) is 1. The largest absolute Gasteiger partial charge is 0.328 e. The van der Waals surface area contributed by atoms with Gasteiger partial charge in [0, 0.05) is 29.5 Å². The van der Waals surface area contributed by atoms with E-state index in [1.165, 1.54) is 0 Å². The van der Waals surface area contributed by atoms with Gasteiger partial charge in [0.25, 0.3) is 0 Å². The lowest BCUT2D eigenvalue weighted by molar-refractivity contribution is -0.122. The number of pyridine rings is 1. The lowest BCUT2D eigenvalue weighted by Gasteiger charge is -2.08. The van der Waals surface area contributed by atoms with Crippen molar-refractivity contribution >= 4 is 16.7 Å². The molecule has 98 valence electrons. The zero-order chi connectivity index (χ0) is 13.2. The molecule has 2 atom stereocenters. The quantitative estimate of drug-likeness (QED) is 0.915. The number of aromatic nitrogens is 1. The second kappa shape index (κ2) is 5.10. The van der Waals surface area contributed by atoms with Gasteiger partial charge in [0.1, 0.15) is 5.78 Å². The molecule has 1 heterocycles. The van der Waals surface area contributed by atoms with Crippen LogP contribution in [0.4, 0.5) is 0 Å². The fourth-order valence-electron chi connectivity index (χ4n) is 2.84. The van der Waals surface area contributed by atoms with Crippen LogP contribution in [0.1, 0.15) is 25.0 Å². The van der Waals surface area contributed by atoms with Gasteiger partial charge in [-0.3, -0.25) is 9.78 Å². The maximum absolute atomic E-state index is 12.2. The molecule has 0 aliphatic heterocycles. The minimum absolute atomic E-state index is 0.142. The highest BCUT2D eigenvalue weighted by molar-refractivity contribution is 5.84. The SMILES string of the molecule is NC1CCC(C(=O)Cc2ccc3ccccc3n2)C1. The first-order valence-corrected chi connectivity index (χ1v) is 6.85. The predicted molar refractivity (Wildman–Crippen MR) is 75.8 cm³/mol. The number of ketones is 1. The molecule has 2 unspecified atom stereocenters. The van der Waals surface area contributed by atoms with Crippen molar-refractivity contribution in [2.75, 3.05) is 0 Å². The predicted octanol–water partition coefficient (Wildman–Crippen LogP) is 2.47. The molecule has 1 fully saturated rings. The van der Waals surface area contributed by atoms with Gasteiger partial charge in [-0.15, -0.1) is 0 Å². The van der Waals surface area contributed by atoms with E-state index in [1.54, 1.807) is 0 Å². The second-order valence-electron chi connectivity index (χ2n) is 5.41. The van der Waals surface area contributed by atoms with Gasteiger partial charge in [-0.1, -0.05) is 24.3 Å². The maximum Gasteiger partial charge on any atom is 0.141 e. The number of nitrogens with two attached hydrogens (primary N) is 1. The Balaban J connectivity index is 1.76. The lowest BCUT2D eigenvalue weighted by atomic mass is 9.98. The molecule has 1 saturated carbocycles. The fourth-order valence-corrected chi connectivity index (χ4v) is 2.84. The molecule has 3 rings (SSSR count). The Morgan fingerprint density at radius 1 is 1.21 bits per heavy atom. The summed E-state index contributed by atoms with van der Waals surface area (Å²) in [6.45, 7) is 0. The summed E-state index contributed by atoms with van der Waals surface area (Å²) in [6, 6.07) is 12.2. The summed E-state index contributed by atoms with van der Waals surface area (Å²) in [7, 11) is 0. The highest BCUT2D eigenvalue weighted by atomic mass is 16.1. The van der Waals surface area contributed by atoms with Gasteiger partial charge in [0.15, 0.2) is 0 Å². The van der Waals surface area contributed by atoms with Crippen LogP contribution in [0.25, 0.3) is 10.9 Å². The van der Waals surface area contributed by atoms with Crippen LogP contribution in [-0.4, -0.2) is 16.8 Å². The number of fused-ring (bicyclic) bond motifs is 1. The number of carbonyl (C=O) groups is 1. The van der Waals surface area contributed by atoms with Gasteiger partial charge >= 0.3 is 0 Å². The maximum atomic E-state index is 12.2. The Hall–Kier alpha value is -1.74. The number of carbonyl (C=O) groups excluding carboxylic acids is 1. The molecule has 3 heteroatoms. The first-order valence-electron chi connectivity index (χ1n) is 6.85. The van der Waals surface area contributed by atoms with E-state index >= 15 is 0 Å². The molecule has 1 aromatic heterocycles. The van der Waals surface area contributed by atoms with Crippen LogP contribution in [-0.2, 0) is 11.2 Å². The Bertz CT molecular complexity index is 608. The van der Waals surface area contributed by atoms with Crippen molar-refractivity contribution in [1.82, 2.24) is 4.98 Å². The molecule has 0 spiro atoms. The molecule has 0 bridgehead atoms. The van der Waals surface area contributed by atoms with E-state index in [0.717, 1.165) is 35.9 Å². The molecular formula is C16H18N2O. The Labute approximate surface area is 112 Å². The fraction of sp³-hybridized carbons (Fsp3) is 0.375. The van der Waals surface area contributed by atoms with Crippen molar-refractivity contribution < 1.29 is 4.79 Å². The lowest BCUT2D eigenvalue weighted by Crippen LogP contribution is -2.19. The summed E-state index contributed by atoms with van der Waals surface area (Å²) in [5, 5.41) is 1.11. The molecule has 19 heavy (non-hydrogen) atoms. The van der Waals surface area contributed by atoms with Crippen molar-refractivity contribution in [2.45, 2.75) is 31.7 Å². The Morgan fingerprint density at radius 2 is 2.05 bits per heavy atom. The number of Topliss-reactive ketones (excluding diaryl/α,β-unsaturated/α-hetero) is 1. The van der Waals surface area contributed by atoms with Crippen LogP contribution in [0.2, 0.25) is 0 Å². The summed E-state index contributed by atoms with van der Waals surface area (Å²) in [5.41, 5.74) is 7.68. The molecule has 0 radical (unpaired) electrons. The third kappa shape index (κ3) is 2.66. The molecule has 1 aromatic carbocycles. The van der Waals surface area contributed by atoms with Gasteiger partial charge in [-0.05, 0) is 31.4 Å². The van der Waals surface area contributed by atoms with Gasteiger partial charge in [0.2, 0.25) is 0 Å². The number of benzene rings is 1. The zero-order valence-electron chi connectivity index (χ0n) is 10.9. The van der Waals surface area contributed by atoms with Crippen molar-refractivity contribution in [1.29, 1.82) is 0 Å². The molecule has 2 N–H and O–H groups in total. The first kappa shape index (κ1) is 12.3. The molecule has 3 nitrogen and oxygen atoms in total. The topological polar surface area (TPSA) is 56.0 Å². The monoisotopic (exact) mass is 254 g/mol. The standard InChI is InChI=1S/C16H18N2O/c17-13-7-5-12(9-13)16(19)10-14-8-6-11-3-1-2-4-15(11)18-14/h1-4,6,8,12-13H,5,7,9-10,17H2. The summed E-state index contributed by atoms with van der Waals surface area (Å²) in [5.74, 6) is 0.430. The second-order valence-corrected chi connectivity index (χ2v) is 5.41. The van der Waals surface area contributed by atoms with Crippen LogP contribution in [0.5, 0.6) is 0 Å². The first-order chi connectivity index (χ1) is 9.22. The minimum atomic E-state index is 0.142. The minimum Gasteiger partial charge on any atom is -0.328 e. The van der Waals surface area contributed by atoms with Crippen molar-refractivity contribution in [3.8, 4) is 0 Å². The van der Waals surface area contributed by atoms with E-state index in [-0.39, 0.29) is 17.7 Å². The van der Waals surface area contributed by atoms with Crippen LogP contribution >= 0.6 is 0 Å². The highest BCUT2D eigenvalue weighted by Gasteiger charge is 2.27. The summed E-state index contributed by atoms with van der Waals surface area (Å²) >= 11 is 0. The van der Waals surface area contributed by atoms with Gasteiger partial charge in [-0.25, -0.2) is 0 Å². The highest BCUT2D eigenvalue weighted by Crippen LogP contribution is 2.26. The molecule has 0 amide bonds. The normalized spacial score (nSPS) is 22.8. The molecule has 2 aromatic rings. The van der Waals surface area contributed by atoms with Gasteiger partial charge < -0.3 is 5.73 Å². The number of nitrogens with zero attached hydrogens (tertiary/aromatic N) is 1. The Morgan fingerprint density at radius 3 is 2.84 bits per heavy atom. The van der Waals surface area contributed by atoms with Crippen LogP contribution < -0.4 is 5.73 Å². The third-order valence-electron chi connectivity index (χ3n) is 3.94. The molecule has 1 aliphatic carbocycles. The number of rotatable bonds is 3. The van der Waals surface area contributed by atoms with E-state index in [1.807, 2.05) is 36.4 Å². The van der Waals surface area contributed by atoms with Crippen LogP contribution in [0.3, 0.4) is 0 Å². The van der Waals surface area contributed by atoms with Crippen molar-refractivity contribution in [2.24, 2.45) is 11.7 Å². The zero-order valence-corrected chi connectivity index (χ0v) is 10.9. The van der Waals surface area contributed by atoms with E-state index in [4.69, 9.17) is 5.73 Å². The van der Waals surface area contributed by atoms with Crippen molar-refractivity contribution in [3.63, 3.8) is 0 Å². The number of para-hydroxylation sites is 1. The molecule has 0 saturated heterocycles. The summed E-state index contributed by atoms with van der Waals surface area (Å²) in [6.07, 6.45) is 3.18.